The number of aromatic nitrogens is 2. The van der Waals surface area contributed by atoms with E-state index in [4.69, 9.17) is 0 Å². The van der Waals surface area contributed by atoms with Gasteiger partial charge >= 0.3 is 0 Å². The molecule has 0 aromatic carbocycles. The number of aryl methyl sites for hydroxylation is 2. The monoisotopic (exact) mass is 264 g/mol. The molecular formula is C16H28N2O. The molecule has 0 amide bonds. The fraction of sp³-hybridized carbons (Fsp3) is 0.812. The summed E-state index contributed by atoms with van der Waals surface area (Å²) in [4.78, 5) is 0. The Labute approximate surface area is 117 Å². The molecule has 0 aliphatic heterocycles. The second-order valence-electron chi connectivity index (χ2n) is 6.99. The van der Waals surface area contributed by atoms with Gasteiger partial charge in [0.05, 0.1) is 11.8 Å². The molecule has 3 heteroatoms. The van der Waals surface area contributed by atoms with E-state index in [0.717, 1.165) is 25.1 Å². The number of aliphatic hydroxyl groups excluding tert-OH is 1. The van der Waals surface area contributed by atoms with Crippen LogP contribution in [0, 0.1) is 16.7 Å². The fourth-order valence-corrected chi connectivity index (χ4v) is 3.67. The molecule has 1 fully saturated rings. The van der Waals surface area contributed by atoms with Crippen LogP contribution in [0.4, 0.5) is 0 Å². The van der Waals surface area contributed by atoms with Crippen LogP contribution in [-0.4, -0.2) is 21.0 Å². The first-order valence-corrected chi connectivity index (χ1v) is 7.49. The molecule has 1 unspecified atom stereocenters. The summed E-state index contributed by atoms with van der Waals surface area (Å²) >= 11 is 0. The maximum Gasteiger partial charge on any atom is 0.0634 e. The third-order valence-corrected chi connectivity index (χ3v) is 5.51. The second kappa shape index (κ2) is 4.62. The van der Waals surface area contributed by atoms with Crippen LogP contribution in [0.2, 0.25) is 0 Å². The lowest BCUT2D eigenvalue weighted by atomic mass is 10.0. The first-order valence-electron chi connectivity index (χ1n) is 7.49. The molecule has 1 aliphatic carbocycles. The minimum atomic E-state index is -0.267. The van der Waals surface area contributed by atoms with Crippen molar-refractivity contribution >= 4 is 0 Å². The summed E-state index contributed by atoms with van der Waals surface area (Å²) in [6.45, 7) is 14.1. The van der Waals surface area contributed by atoms with E-state index in [0.29, 0.717) is 5.92 Å². The molecule has 2 rings (SSSR count). The van der Waals surface area contributed by atoms with Gasteiger partial charge in [-0.05, 0) is 36.2 Å². The van der Waals surface area contributed by atoms with Crippen molar-refractivity contribution in [3.63, 3.8) is 0 Å². The van der Waals surface area contributed by atoms with Crippen LogP contribution >= 0.6 is 0 Å². The lowest BCUT2D eigenvalue weighted by Gasteiger charge is -2.13. The molecule has 1 saturated carbocycles. The standard InChI is InChI=1S/C16H28N2O/c1-7-11-9-12(18(8-2)17-11)10-13(19)14-15(3,4)16(14,5)6/h9,13-14,19H,7-8,10H2,1-6H3. The van der Waals surface area contributed by atoms with Gasteiger partial charge in [0, 0.05) is 18.7 Å². The number of aliphatic hydroxyl groups is 1. The summed E-state index contributed by atoms with van der Waals surface area (Å²) in [5.74, 6) is 0.380. The van der Waals surface area contributed by atoms with Gasteiger partial charge in [0.1, 0.15) is 0 Å². The zero-order valence-corrected chi connectivity index (χ0v) is 13.2. The normalized spacial score (nSPS) is 22.5. The van der Waals surface area contributed by atoms with Gasteiger partial charge in [0.15, 0.2) is 0 Å². The third kappa shape index (κ3) is 2.22. The van der Waals surface area contributed by atoms with Crippen LogP contribution in [0.25, 0.3) is 0 Å². The zero-order chi connectivity index (χ0) is 14.4. The minimum absolute atomic E-state index is 0.233. The summed E-state index contributed by atoms with van der Waals surface area (Å²) in [6.07, 6.45) is 1.41. The van der Waals surface area contributed by atoms with E-state index in [1.807, 2.05) is 4.68 Å². The Hall–Kier alpha value is -0.830. The van der Waals surface area contributed by atoms with Crippen LogP contribution in [0.1, 0.15) is 52.9 Å². The van der Waals surface area contributed by atoms with Crippen molar-refractivity contribution in [1.82, 2.24) is 9.78 Å². The van der Waals surface area contributed by atoms with Crippen molar-refractivity contribution in [1.29, 1.82) is 0 Å². The smallest absolute Gasteiger partial charge is 0.0634 e. The molecule has 1 atom stereocenters. The molecule has 0 radical (unpaired) electrons. The van der Waals surface area contributed by atoms with Crippen molar-refractivity contribution in [2.45, 2.75) is 67.0 Å². The predicted molar refractivity (Wildman–Crippen MR) is 78.0 cm³/mol. The van der Waals surface area contributed by atoms with Crippen LogP contribution in [-0.2, 0) is 19.4 Å². The van der Waals surface area contributed by atoms with Crippen molar-refractivity contribution in [3.8, 4) is 0 Å². The molecule has 1 N–H and O–H groups in total. The van der Waals surface area contributed by atoms with E-state index >= 15 is 0 Å². The Bertz CT molecular complexity index is 445. The number of hydrogen-bond acceptors (Lipinski definition) is 2. The molecule has 1 aliphatic rings. The van der Waals surface area contributed by atoms with Gasteiger partial charge in [-0.2, -0.15) is 5.10 Å². The minimum Gasteiger partial charge on any atom is -0.392 e. The van der Waals surface area contributed by atoms with E-state index < -0.39 is 0 Å². The van der Waals surface area contributed by atoms with Crippen molar-refractivity contribution < 1.29 is 5.11 Å². The van der Waals surface area contributed by atoms with Gasteiger partial charge in [-0.1, -0.05) is 34.6 Å². The topological polar surface area (TPSA) is 38.0 Å². The Balaban J connectivity index is 2.12. The summed E-state index contributed by atoms with van der Waals surface area (Å²) in [5.41, 5.74) is 2.76. The highest BCUT2D eigenvalue weighted by molar-refractivity contribution is 5.18. The maximum atomic E-state index is 10.6. The van der Waals surface area contributed by atoms with Gasteiger partial charge in [-0.25, -0.2) is 0 Å². The van der Waals surface area contributed by atoms with Crippen molar-refractivity contribution in [2.24, 2.45) is 16.7 Å². The number of hydrogen-bond donors (Lipinski definition) is 1. The Kier molecular flexibility index (Phi) is 3.54. The Morgan fingerprint density at radius 1 is 1.26 bits per heavy atom. The summed E-state index contributed by atoms with van der Waals surface area (Å²) in [7, 11) is 0. The van der Waals surface area contributed by atoms with E-state index in [-0.39, 0.29) is 16.9 Å². The maximum absolute atomic E-state index is 10.6. The molecule has 3 nitrogen and oxygen atoms in total. The van der Waals surface area contributed by atoms with E-state index in [2.05, 4.69) is 52.7 Å². The summed E-state index contributed by atoms with van der Waals surface area (Å²) < 4.78 is 2.03. The first-order chi connectivity index (χ1) is 8.75. The Morgan fingerprint density at radius 3 is 2.26 bits per heavy atom. The average molecular weight is 264 g/mol. The van der Waals surface area contributed by atoms with E-state index in [9.17, 15) is 5.11 Å². The van der Waals surface area contributed by atoms with Crippen LogP contribution in [0.15, 0.2) is 6.07 Å². The summed E-state index contributed by atoms with van der Waals surface area (Å²) in [5, 5.41) is 15.1. The van der Waals surface area contributed by atoms with E-state index in [1.165, 1.54) is 5.69 Å². The number of nitrogens with zero attached hydrogens (tertiary/aromatic N) is 2. The van der Waals surface area contributed by atoms with Gasteiger partial charge in [0.25, 0.3) is 0 Å². The van der Waals surface area contributed by atoms with E-state index in [1.54, 1.807) is 0 Å². The average Bonchev–Trinajstić information content (AvgIpc) is 2.63. The predicted octanol–water partition coefficient (Wildman–Crippen LogP) is 3.05. The molecule has 0 bridgehead atoms. The van der Waals surface area contributed by atoms with Crippen LogP contribution in [0.3, 0.4) is 0 Å². The van der Waals surface area contributed by atoms with Crippen molar-refractivity contribution in [3.05, 3.63) is 17.5 Å². The Morgan fingerprint density at radius 2 is 1.84 bits per heavy atom. The highest BCUT2D eigenvalue weighted by Crippen LogP contribution is 2.69. The first kappa shape index (κ1) is 14.6. The highest BCUT2D eigenvalue weighted by atomic mass is 16.3. The molecule has 1 aromatic heterocycles. The van der Waals surface area contributed by atoms with Gasteiger partial charge in [0.2, 0.25) is 0 Å². The molecule has 1 heterocycles. The largest absolute Gasteiger partial charge is 0.392 e. The van der Waals surface area contributed by atoms with Crippen LogP contribution in [0.5, 0.6) is 0 Å². The summed E-state index contributed by atoms with van der Waals surface area (Å²) in [6, 6.07) is 2.15. The van der Waals surface area contributed by atoms with Gasteiger partial charge in [-0.15, -0.1) is 0 Å². The molecular weight excluding hydrogens is 236 g/mol. The molecule has 0 spiro atoms. The lowest BCUT2D eigenvalue weighted by molar-refractivity contribution is 0.127. The van der Waals surface area contributed by atoms with Crippen molar-refractivity contribution in [2.75, 3.05) is 0 Å². The fourth-order valence-electron chi connectivity index (χ4n) is 3.67. The van der Waals surface area contributed by atoms with Crippen LogP contribution < -0.4 is 0 Å². The zero-order valence-electron chi connectivity index (χ0n) is 13.2. The number of rotatable bonds is 5. The second-order valence-corrected chi connectivity index (χ2v) is 6.99. The molecule has 19 heavy (non-hydrogen) atoms. The quantitative estimate of drug-likeness (QED) is 0.887. The molecule has 0 saturated heterocycles. The molecule has 108 valence electrons. The highest BCUT2D eigenvalue weighted by Gasteiger charge is 2.66. The third-order valence-electron chi connectivity index (χ3n) is 5.51. The van der Waals surface area contributed by atoms with Gasteiger partial charge < -0.3 is 5.11 Å². The lowest BCUT2D eigenvalue weighted by Crippen LogP contribution is -2.19. The SMILES string of the molecule is CCc1cc(CC(O)C2C(C)(C)C2(C)C)n(CC)n1. The van der Waals surface area contributed by atoms with Gasteiger partial charge in [-0.3, -0.25) is 4.68 Å². The molecule has 1 aromatic rings.